The quantitative estimate of drug-likeness (QED) is 0.818. The fraction of sp³-hybridized carbons (Fsp3) is 0.455. The van der Waals surface area contributed by atoms with Crippen molar-refractivity contribution in [2.24, 2.45) is 5.73 Å². The molecule has 2 nitrogen and oxygen atoms in total. The summed E-state index contributed by atoms with van der Waals surface area (Å²) in [6.45, 7) is 0. The maximum absolute atomic E-state index is 13.0. The summed E-state index contributed by atoms with van der Waals surface area (Å²) in [6, 6.07) is -0.657. The molecule has 126 valence electrons. The number of ether oxygens (including phenoxy) is 1. The maximum Gasteiger partial charge on any atom is 0.461 e. The van der Waals surface area contributed by atoms with E-state index in [4.69, 9.17) is 5.73 Å². The molecule has 0 amide bonds. The molecular weight excluding hydrogens is 333 g/mol. The fourth-order valence-corrected chi connectivity index (χ4v) is 1.33. The average molecular weight is 341 g/mol. The van der Waals surface area contributed by atoms with Gasteiger partial charge in [0.1, 0.15) is 11.8 Å². The molecule has 0 aliphatic carbocycles. The minimum absolute atomic E-state index is 0.526. The van der Waals surface area contributed by atoms with E-state index in [1.54, 1.807) is 0 Å². The number of hydrogen-bond donors (Lipinski definition) is 1. The molecule has 0 aliphatic rings. The number of halogens is 9. The highest BCUT2D eigenvalue weighted by Crippen LogP contribution is 2.43. The molecule has 0 bridgehead atoms. The van der Waals surface area contributed by atoms with E-state index in [1.807, 2.05) is 0 Å². The van der Waals surface area contributed by atoms with Gasteiger partial charge >= 0.3 is 24.6 Å². The Bertz CT molecular complexity index is 497. The molecule has 0 saturated carbocycles. The van der Waals surface area contributed by atoms with Gasteiger partial charge in [0.15, 0.2) is 0 Å². The van der Waals surface area contributed by atoms with Crippen LogP contribution in [0.4, 0.5) is 39.5 Å². The largest absolute Gasteiger partial charge is 0.461 e. The van der Waals surface area contributed by atoms with Crippen LogP contribution >= 0.6 is 0 Å². The first-order valence-corrected chi connectivity index (χ1v) is 5.44. The van der Waals surface area contributed by atoms with Crippen LogP contribution in [0.25, 0.3) is 0 Å². The Labute approximate surface area is 117 Å². The highest BCUT2D eigenvalue weighted by atomic mass is 19.4. The van der Waals surface area contributed by atoms with E-state index in [0.717, 1.165) is 0 Å². The Morgan fingerprint density at radius 3 is 1.68 bits per heavy atom. The van der Waals surface area contributed by atoms with Crippen LogP contribution < -0.4 is 10.5 Å². The molecule has 0 saturated heterocycles. The second-order valence-corrected chi connectivity index (χ2v) is 4.13. The Kier molecular flexibility index (Phi) is 4.90. The summed E-state index contributed by atoms with van der Waals surface area (Å²) in [5, 5.41) is 0. The molecule has 2 N–H and O–H groups in total. The molecule has 22 heavy (non-hydrogen) atoms. The molecule has 0 unspecified atom stereocenters. The lowest BCUT2D eigenvalue weighted by molar-refractivity contribution is -0.291. The summed E-state index contributed by atoms with van der Waals surface area (Å²) in [5.41, 5.74) is 4.06. The van der Waals surface area contributed by atoms with Crippen molar-refractivity contribution in [3.63, 3.8) is 0 Å². The topological polar surface area (TPSA) is 35.2 Å². The Morgan fingerprint density at radius 2 is 1.32 bits per heavy atom. The van der Waals surface area contributed by atoms with Crippen molar-refractivity contribution >= 4 is 0 Å². The standard InChI is InChI=1S/C11H8F9NO/c12-8(13)10(16,17)22-6-3-1-5(2-4-6)7(21)9(14,15)11(18,19)20/h1-4,7-8H,21H2/t7-/m1/s1. The molecule has 1 rings (SSSR count). The van der Waals surface area contributed by atoms with Gasteiger partial charge in [-0.2, -0.15) is 39.5 Å². The minimum Gasteiger partial charge on any atom is -0.428 e. The molecule has 1 aromatic rings. The van der Waals surface area contributed by atoms with Gasteiger partial charge in [-0.3, -0.25) is 0 Å². The van der Waals surface area contributed by atoms with Crippen LogP contribution in [-0.4, -0.2) is 24.6 Å². The van der Waals surface area contributed by atoms with Gasteiger partial charge in [-0.25, -0.2) is 0 Å². The Hall–Kier alpha value is -1.65. The van der Waals surface area contributed by atoms with Crippen molar-refractivity contribution in [3.05, 3.63) is 29.8 Å². The van der Waals surface area contributed by atoms with E-state index in [1.165, 1.54) is 0 Å². The Morgan fingerprint density at radius 1 is 0.864 bits per heavy atom. The third-order valence-corrected chi connectivity index (χ3v) is 2.52. The smallest absolute Gasteiger partial charge is 0.428 e. The first-order valence-electron chi connectivity index (χ1n) is 5.44. The van der Waals surface area contributed by atoms with E-state index in [9.17, 15) is 39.5 Å². The molecule has 0 aliphatic heterocycles. The molecule has 0 heterocycles. The predicted octanol–water partition coefficient (Wildman–Crippen LogP) is 4.12. The zero-order valence-corrected chi connectivity index (χ0v) is 10.4. The minimum atomic E-state index is -5.91. The molecule has 1 atom stereocenters. The van der Waals surface area contributed by atoms with Crippen molar-refractivity contribution in [3.8, 4) is 5.75 Å². The summed E-state index contributed by atoms with van der Waals surface area (Å²) < 4.78 is 115. The van der Waals surface area contributed by atoms with Crippen LogP contribution in [-0.2, 0) is 0 Å². The monoisotopic (exact) mass is 341 g/mol. The first kappa shape index (κ1) is 18.4. The van der Waals surface area contributed by atoms with Gasteiger partial charge in [0.2, 0.25) is 0 Å². The van der Waals surface area contributed by atoms with Crippen molar-refractivity contribution in [1.29, 1.82) is 0 Å². The summed E-state index contributed by atoms with van der Waals surface area (Å²) in [5.74, 6) is -6.11. The highest BCUT2D eigenvalue weighted by Gasteiger charge is 2.61. The number of nitrogens with two attached hydrogens (primary N) is 1. The van der Waals surface area contributed by atoms with Crippen molar-refractivity contribution in [2.45, 2.75) is 30.7 Å². The predicted molar refractivity (Wildman–Crippen MR) is 56.0 cm³/mol. The highest BCUT2D eigenvalue weighted by molar-refractivity contribution is 5.30. The number of alkyl halides is 9. The lowest BCUT2D eigenvalue weighted by Crippen LogP contribution is -2.45. The molecule has 0 spiro atoms. The average Bonchev–Trinajstić information content (AvgIpc) is 2.36. The van der Waals surface area contributed by atoms with Gasteiger partial charge in [0, 0.05) is 0 Å². The van der Waals surface area contributed by atoms with Gasteiger partial charge in [-0.15, -0.1) is 0 Å². The van der Waals surface area contributed by atoms with Gasteiger partial charge in [0.25, 0.3) is 0 Å². The summed E-state index contributed by atoms with van der Waals surface area (Å²) in [7, 11) is 0. The fourth-order valence-electron chi connectivity index (χ4n) is 1.33. The number of rotatable bonds is 5. The second kappa shape index (κ2) is 5.86. The SMILES string of the molecule is N[C@H](c1ccc(OC(F)(F)C(F)F)cc1)C(F)(F)C(F)(F)F. The van der Waals surface area contributed by atoms with E-state index in [0.29, 0.717) is 24.3 Å². The van der Waals surface area contributed by atoms with E-state index in [2.05, 4.69) is 4.74 Å². The van der Waals surface area contributed by atoms with E-state index in [-0.39, 0.29) is 0 Å². The number of hydrogen-bond acceptors (Lipinski definition) is 2. The molecule has 0 aromatic heterocycles. The van der Waals surface area contributed by atoms with Crippen LogP contribution in [0.3, 0.4) is 0 Å². The summed E-state index contributed by atoms with van der Waals surface area (Å²) in [4.78, 5) is 0. The lowest BCUT2D eigenvalue weighted by atomic mass is 10.0. The second-order valence-electron chi connectivity index (χ2n) is 4.13. The third kappa shape index (κ3) is 3.76. The van der Waals surface area contributed by atoms with Gasteiger partial charge in [-0.05, 0) is 17.7 Å². The van der Waals surface area contributed by atoms with Gasteiger partial charge in [-0.1, -0.05) is 12.1 Å². The van der Waals surface area contributed by atoms with Crippen LogP contribution in [0.1, 0.15) is 11.6 Å². The van der Waals surface area contributed by atoms with Crippen LogP contribution in [0.15, 0.2) is 24.3 Å². The van der Waals surface area contributed by atoms with Crippen LogP contribution in [0.2, 0.25) is 0 Å². The van der Waals surface area contributed by atoms with Crippen molar-refractivity contribution in [1.82, 2.24) is 0 Å². The lowest BCUT2D eigenvalue weighted by Gasteiger charge is -2.26. The van der Waals surface area contributed by atoms with Crippen LogP contribution in [0.5, 0.6) is 5.75 Å². The van der Waals surface area contributed by atoms with Gasteiger partial charge < -0.3 is 10.5 Å². The van der Waals surface area contributed by atoms with E-state index < -0.39 is 42.0 Å². The van der Waals surface area contributed by atoms with Crippen LogP contribution in [0, 0.1) is 0 Å². The molecule has 1 aromatic carbocycles. The molecule has 0 radical (unpaired) electrons. The summed E-state index contributed by atoms with van der Waals surface area (Å²) in [6.07, 6.45) is -14.9. The summed E-state index contributed by atoms with van der Waals surface area (Å²) >= 11 is 0. The molecule has 0 fully saturated rings. The van der Waals surface area contributed by atoms with Crippen molar-refractivity contribution < 1.29 is 44.3 Å². The zero-order chi connectivity index (χ0) is 17.3. The molecular formula is C11H8F9NO. The third-order valence-electron chi connectivity index (χ3n) is 2.52. The van der Waals surface area contributed by atoms with Gasteiger partial charge in [0.05, 0.1) is 0 Å². The first-order chi connectivity index (χ1) is 9.79. The zero-order valence-electron chi connectivity index (χ0n) is 10.4. The van der Waals surface area contributed by atoms with E-state index >= 15 is 0 Å². The molecule has 11 heteroatoms. The normalized spacial score (nSPS) is 15.0. The number of benzene rings is 1. The maximum atomic E-state index is 13.0. The Balaban J connectivity index is 2.94. The van der Waals surface area contributed by atoms with Crippen molar-refractivity contribution in [2.75, 3.05) is 0 Å².